The standard InChI is InChI=1S/C17H27ClN2O.C6H14.C2H6/c1-6-8-15(20(5)9-7-2)17(21)19-16-12(3)10-14(18)11-13(16)4;1-3-5-6-4-2;1-2/h10-11,15H,6-9H2,1-5H3,(H,19,21);3-6H2,1-2H3;1-2H3. The van der Waals surface area contributed by atoms with Crippen molar-refractivity contribution in [2.75, 3.05) is 18.9 Å². The number of rotatable bonds is 10. The Morgan fingerprint density at radius 1 is 0.966 bits per heavy atom. The lowest BCUT2D eigenvalue weighted by atomic mass is 10.1. The van der Waals surface area contributed by atoms with Gasteiger partial charge in [0.25, 0.3) is 0 Å². The lowest BCUT2D eigenvalue weighted by molar-refractivity contribution is -0.121. The highest BCUT2D eigenvalue weighted by atomic mass is 35.5. The molecule has 0 bridgehead atoms. The zero-order chi connectivity index (χ0) is 22.8. The number of halogens is 1. The van der Waals surface area contributed by atoms with Gasteiger partial charge >= 0.3 is 0 Å². The van der Waals surface area contributed by atoms with Gasteiger partial charge in [-0.3, -0.25) is 9.69 Å². The minimum absolute atomic E-state index is 0.0707. The monoisotopic (exact) mass is 426 g/mol. The quantitative estimate of drug-likeness (QED) is 0.384. The molecule has 29 heavy (non-hydrogen) atoms. The molecular weight excluding hydrogens is 380 g/mol. The minimum atomic E-state index is -0.0792. The zero-order valence-electron chi connectivity index (χ0n) is 20.6. The van der Waals surface area contributed by atoms with Crippen molar-refractivity contribution in [3.63, 3.8) is 0 Å². The molecule has 0 spiro atoms. The van der Waals surface area contributed by atoms with Crippen molar-refractivity contribution in [2.45, 2.75) is 106 Å². The van der Waals surface area contributed by atoms with Crippen molar-refractivity contribution >= 4 is 23.2 Å². The summed E-state index contributed by atoms with van der Waals surface area (Å²) in [5, 5.41) is 3.80. The van der Waals surface area contributed by atoms with E-state index in [1.54, 1.807) is 0 Å². The van der Waals surface area contributed by atoms with Gasteiger partial charge in [0.1, 0.15) is 0 Å². The average molecular weight is 427 g/mol. The molecule has 170 valence electrons. The maximum absolute atomic E-state index is 12.6. The van der Waals surface area contributed by atoms with E-state index in [-0.39, 0.29) is 11.9 Å². The van der Waals surface area contributed by atoms with Gasteiger partial charge in [-0.15, -0.1) is 0 Å². The number of nitrogens with one attached hydrogen (secondary N) is 1. The van der Waals surface area contributed by atoms with Gasteiger partial charge in [0.2, 0.25) is 5.91 Å². The molecule has 1 rings (SSSR count). The van der Waals surface area contributed by atoms with E-state index in [1.807, 2.05) is 46.9 Å². The molecule has 1 amide bonds. The molecule has 0 saturated carbocycles. The summed E-state index contributed by atoms with van der Waals surface area (Å²) >= 11 is 6.04. The third-order valence-corrected chi connectivity index (χ3v) is 4.89. The topological polar surface area (TPSA) is 32.3 Å². The molecule has 1 aromatic rings. The van der Waals surface area contributed by atoms with Gasteiger partial charge in [0.05, 0.1) is 6.04 Å². The van der Waals surface area contributed by atoms with Crippen molar-refractivity contribution in [3.8, 4) is 0 Å². The fraction of sp³-hybridized carbons (Fsp3) is 0.720. The van der Waals surface area contributed by atoms with Crippen molar-refractivity contribution in [3.05, 3.63) is 28.3 Å². The average Bonchev–Trinajstić information content (AvgIpc) is 2.69. The van der Waals surface area contributed by atoms with Crippen LogP contribution in [-0.2, 0) is 4.79 Å². The first-order chi connectivity index (χ1) is 13.8. The van der Waals surface area contributed by atoms with Crippen LogP contribution in [0.25, 0.3) is 0 Å². The summed E-state index contributed by atoms with van der Waals surface area (Å²) in [6.45, 7) is 17.6. The van der Waals surface area contributed by atoms with Gasteiger partial charge in [0, 0.05) is 10.7 Å². The second-order valence-electron chi connectivity index (χ2n) is 7.40. The van der Waals surface area contributed by atoms with Crippen LogP contribution in [-0.4, -0.2) is 30.4 Å². The van der Waals surface area contributed by atoms with Crippen LogP contribution in [0.1, 0.15) is 97.6 Å². The summed E-state index contributed by atoms with van der Waals surface area (Å²) in [4.78, 5) is 14.8. The van der Waals surface area contributed by atoms with Gasteiger partial charge in [-0.2, -0.15) is 0 Å². The van der Waals surface area contributed by atoms with Crippen LogP contribution in [0.3, 0.4) is 0 Å². The number of hydrogen-bond donors (Lipinski definition) is 1. The summed E-state index contributed by atoms with van der Waals surface area (Å²) in [7, 11) is 2.02. The smallest absolute Gasteiger partial charge is 0.241 e. The van der Waals surface area contributed by atoms with E-state index in [9.17, 15) is 4.79 Å². The number of amides is 1. The van der Waals surface area contributed by atoms with E-state index in [2.05, 4.69) is 37.9 Å². The summed E-state index contributed by atoms with van der Waals surface area (Å²) in [6.07, 6.45) is 8.44. The second-order valence-corrected chi connectivity index (χ2v) is 7.83. The van der Waals surface area contributed by atoms with Gasteiger partial charge in [-0.05, 0) is 63.5 Å². The zero-order valence-corrected chi connectivity index (χ0v) is 21.4. The van der Waals surface area contributed by atoms with Crippen molar-refractivity contribution in [1.82, 2.24) is 4.90 Å². The third-order valence-electron chi connectivity index (χ3n) is 4.68. The Labute approximate surface area is 186 Å². The Hall–Kier alpha value is -1.06. The van der Waals surface area contributed by atoms with E-state index < -0.39 is 0 Å². The van der Waals surface area contributed by atoms with Crippen molar-refractivity contribution in [2.24, 2.45) is 0 Å². The van der Waals surface area contributed by atoms with E-state index in [0.29, 0.717) is 5.02 Å². The number of hydrogen-bond acceptors (Lipinski definition) is 2. The molecule has 1 unspecified atom stereocenters. The highest BCUT2D eigenvalue weighted by Gasteiger charge is 2.22. The number of carbonyl (C=O) groups excluding carboxylic acids is 1. The van der Waals surface area contributed by atoms with Gasteiger partial charge in [0.15, 0.2) is 0 Å². The SMILES string of the molecule is CC.CCCC(C(=O)Nc1c(C)cc(Cl)cc1C)N(C)CCC.CCCCCC. The van der Waals surface area contributed by atoms with E-state index in [4.69, 9.17) is 11.6 Å². The molecule has 0 aliphatic rings. The van der Waals surface area contributed by atoms with Crippen LogP contribution in [0.15, 0.2) is 12.1 Å². The van der Waals surface area contributed by atoms with Gasteiger partial charge < -0.3 is 5.32 Å². The first-order valence-corrected chi connectivity index (χ1v) is 12.0. The predicted octanol–water partition coefficient (Wildman–Crippen LogP) is 8.02. The van der Waals surface area contributed by atoms with Crippen LogP contribution < -0.4 is 5.32 Å². The Kier molecular flexibility index (Phi) is 19.7. The molecule has 0 fully saturated rings. The maximum Gasteiger partial charge on any atom is 0.241 e. The lowest BCUT2D eigenvalue weighted by Gasteiger charge is -2.27. The normalized spacial score (nSPS) is 11.1. The van der Waals surface area contributed by atoms with Crippen LogP contribution >= 0.6 is 11.6 Å². The van der Waals surface area contributed by atoms with Crippen LogP contribution in [0.4, 0.5) is 5.69 Å². The first-order valence-electron chi connectivity index (χ1n) is 11.6. The summed E-state index contributed by atoms with van der Waals surface area (Å²) in [5.41, 5.74) is 2.89. The molecule has 4 heteroatoms. The highest BCUT2D eigenvalue weighted by Crippen LogP contribution is 2.25. The largest absolute Gasteiger partial charge is 0.324 e. The maximum atomic E-state index is 12.6. The fourth-order valence-electron chi connectivity index (χ4n) is 3.15. The third kappa shape index (κ3) is 13.0. The van der Waals surface area contributed by atoms with Gasteiger partial charge in [-0.1, -0.05) is 85.2 Å². The van der Waals surface area contributed by atoms with E-state index >= 15 is 0 Å². The number of anilines is 1. The van der Waals surface area contributed by atoms with E-state index in [0.717, 1.165) is 42.6 Å². The molecule has 0 saturated heterocycles. The number of likely N-dealkylation sites (N-methyl/N-ethyl adjacent to an activating group) is 1. The van der Waals surface area contributed by atoms with Crippen LogP contribution in [0.5, 0.6) is 0 Å². The number of aryl methyl sites for hydroxylation is 2. The Balaban J connectivity index is 0. The number of benzene rings is 1. The lowest BCUT2D eigenvalue weighted by Crippen LogP contribution is -2.42. The first kappa shape index (κ1) is 30.1. The summed E-state index contributed by atoms with van der Waals surface area (Å²) < 4.78 is 0. The van der Waals surface area contributed by atoms with E-state index in [1.165, 1.54) is 25.7 Å². The minimum Gasteiger partial charge on any atom is -0.324 e. The molecule has 1 N–H and O–H groups in total. The molecule has 0 aliphatic carbocycles. The molecule has 0 aliphatic heterocycles. The summed E-state index contributed by atoms with van der Waals surface area (Å²) in [6, 6.07) is 3.69. The molecule has 1 atom stereocenters. The van der Waals surface area contributed by atoms with Gasteiger partial charge in [-0.25, -0.2) is 0 Å². The molecule has 3 nitrogen and oxygen atoms in total. The molecule has 0 radical (unpaired) electrons. The van der Waals surface area contributed by atoms with Crippen LogP contribution in [0, 0.1) is 13.8 Å². The number of carbonyl (C=O) groups is 1. The molecule has 0 heterocycles. The molecular formula is C25H47ClN2O. The van der Waals surface area contributed by atoms with Crippen molar-refractivity contribution in [1.29, 1.82) is 0 Å². The van der Waals surface area contributed by atoms with Crippen LogP contribution in [0.2, 0.25) is 5.02 Å². The Bertz CT molecular complexity index is 519. The fourth-order valence-corrected chi connectivity index (χ4v) is 3.48. The summed E-state index contributed by atoms with van der Waals surface area (Å²) in [5.74, 6) is 0.0707. The molecule has 0 aromatic heterocycles. The number of nitrogens with zero attached hydrogens (tertiary/aromatic N) is 1. The Morgan fingerprint density at radius 2 is 1.45 bits per heavy atom. The molecule has 1 aromatic carbocycles. The predicted molar refractivity (Wildman–Crippen MR) is 132 cm³/mol. The Morgan fingerprint density at radius 3 is 1.83 bits per heavy atom. The number of unbranched alkanes of at least 4 members (excludes halogenated alkanes) is 3. The second kappa shape index (κ2) is 18.9. The highest BCUT2D eigenvalue weighted by molar-refractivity contribution is 6.30. The van der Waals surface area contributed by atoms with Crippen molar-refractivity contribution < 1.29 is 4.79 Å².